The number of allylic oxidation sites excluding steroid dienone is 2. The highest BCUT2D eigenvalue weighted by Gasteiger charge is 2.39. The normalized spacial score (nSPS) is 25.4. The van der Waals surface area contributed by atoms with Gasteiger partial charge in [-0.3, -0.25) is 19.5 Å². The van der Waals surface area contributed by atoms with Crippen LogP contribution in [0.5, 0.6) is 0 Å². The third-order valence-corrected chi connectivity index (χ3v) is 16.5. The van der Waals surface area contributed by atoms with Crippen LogP contribution in [0.4, 0.5) is 9.59 Å². The molecule has 4 aliphatic rings. The van der Waals surface area contributed by atoms with Gasteiger partial charge in [-0.25, -0.2) is 4.79 Å². The molecule has 0 aliphatic carbocycles. The van der Waals surface area contributed by atoms with Gasteiger partial charge in [-0.15, -0.1) is 0 Å². The molecule has 0 aromatic carbocycles. The lowest BCUT2D eigenvalue weighted by atomic mass is 10.00. The van der Waals surface area contributed by atoms with E-state index in [9.17, 15) is 9.59 Å². The van der Waals surface area contributed by atoms with Crippen LogP contribution in [-0.2, 0) is 0 Å². The van der Waals surface area contributed by atoms with Gasteiger partial charge in [0.2, 0.25) is 0 Å². The lowest BCUT2D eigenvalue weighted by Crippen LogP contribution is -2.44. The molecule has 0 aromatic heterocycles. The lowest BCUT2D eigenvalue weighted by molar-refractivity contribution is 0.199. The number of carbonyl (C=O) groups excluding carboxylic acids is 2. The Bertz CT molecular complexity index is 1200. The molecule has 2 saturated heterocycles. The second-order valence-electron chi connectivity index (χ2n) is 17.2. The molecule has 4 atom stereocenters. The molecular formula is C35H67ClN6O2Si3. The van der Waals surface area contributed by atoms with E-state index in [0.29, 0.717) is 23.2 Å². The average molecular weight is 724 g/mol. The number of hydrogen-bond acceptors (Lipinski definition) is 5. The summed E-state index contributed by atoms with van der Waals surface area (Å²) in [6.07, 6.45) is 18.9. The highest BCUT2D eigenvalue weighted by molar-refractivity contribution is 6.79. The van der Waals surface area contributed by atoms with Crippen molar-refractivity contribution in [1.29, 1.82) is 0 Å². The molecule has 2 unspecified atom stereocenters. The number of halogens is 1. The van der Waals surface area contributed by atoms with Gasteiger partial charge >= 0.3 is 11.4 Å². The molecule has 0 aromatic rings. The van der Waals surface area contributed by atoms with E-state index in [2.05, 4.69) is 118 Å². The van der Waals surface area contributed by atoms with Gasteiger partial charge in [0, 0.05) is 52.7 Å². The number of rotatable bonds is 5. The lowest BCUT2D eigenvalue weighted by Gasteiger charge is -2.41. The summed E-state index contributed by atoms with van der Waals surface area (Å²) in [5, 5.41) is -0.435. The molecule has 47 heavy (non-hydrogen) atoms. The number of likely N-dealkylation sites (tertiary alicyclic amines) is 2. The zero-order valence-electron chi connectivity index (χ0n) is 32.4. The Labute approximate surface area is 296 Å². The molecule has 4 heterocycles. The topological polar surface area (TPSA) is 53.6 Å². The molecule has 2 fully saturated rings. The first-order valence-electron chi connectivity index (χ1n) is 17.3. The standard InChI is InChI=1S/C16H29N3OSi.C16H32N2Si2.C3H6ClNO/c1-17(2)16(20)19-11-9-15(21(4,5)6)13(12-19)14-8-7-10-18(14)3;1-17-11-8-9-15(17)14-13-18(20(5,6)7)12-10-16(14)19(2,3)4;1-5(2)3(4)6/h9,11-12,14-15H,7-8,10H2,1-6H3;10,12-13,15-16H,8-9,11H2,1-7H3;1-2H3/t14-,15?;15-,16?;/m00./s1. The van der Waals surface area contributed by atoms with Gasteiger partial charge in [0.15, 0.2) is 8.24 Å². The highest BCUT2D eigenvalue weighted by Crippen LogP contribution is 2.42. The summed E-state index contributed by atoms with van der Waals surface area (Å²) in [4.78, 5) is 31.8. The number of amides is 3. The van der Waals surface area contributed by atoms with E-state index < -0.39 is 29.7 Å². The second kappa shape index (κ2) is 16.8. The Morgan fingerprint density at radius 1 is 0.702 bits per heavy atom. The first-order chi connectivity index (χ1) is 21.5. The molecule has 12 heteroatoms. The predicted octanol–water partition coefficient (Wildman–Crippen LogP) is 8.43. The van der Waals surface area contributed by atoms with Crippen LogP contribution in [0.1, 0.15) is 25.7 Å². The van der Waals surface area contributed by atoms with E-state index in [1.807, 2.05) is 6.20 Å². The van der Waals surface area contributed by atoms with Crippen LogP contribution in [-0.4, -0.2) is 132 Å². The summed E-state index contributed by atoms with van der Waals surface area (Å²) in [6.45, 7) is 24.5. The number of urea groups is 1. The fourth-order valence-corrected chi connectivity index (χ4v) is 11.7. The van der Waals surface area contributed by atoms with Crippen molar-refractivity contribution in [1.82, 2.24) is 29.1 Å². The van der Waals surface area contributed by atoms with Crippen molar-refractivity contribution in [3.05, 3.63) is 48.1 Å². The monoisotopic (exact) mass is 722 g/mol. The van der Waals surface area contributed by atoms with Gasteiger partial charge < -0.3 is 14.4 Å². The first-order valence-corrected chi connectivity index (χ1v) is 28.3. The maximum atomic E-state index is 12.2. The Balaban J connectivity index is 0.000000279. The summed E-state index contributed by atoms with van der Waals surface area (Å²) >= 11 is 4.90. The summed E-state index contributed by atoms with van der Waals surface area (Å²) < 4.78 is 2.55. The Hall–Kier alpha value is -1.64. The predicted molar refractivity (Wildman–Crippen MR) is 211 cm³/mol. The fraction of sp³-hybridized carbons (Fsp3) is 0.714. The SMILES string of the molecule is CN(C)C(=O)Cl.CN(C)C(=O)N1C=CC([Si](C)(C)C)C([C@@H]2CCCN2C)=C1.CN1CCC[C@H]1C1=CN([Si](C)(C)C)C=CC1[Si](C)(C)C. The maximum absolute atomic E-state index is 12.2. The van der Waals surface area contributed by atoms with Gasteiger partial charge in [-0.1, -0.05) is 71.1 Å². The van der Waals surface area contributed by atoms with Crippen LogP contribution < -0.4 is 0 Å². The van der Waals surface area contributed by atoms with Crippen LogP contribution in [0.2, 0.25) is 70.0 Å². The molecule has 3 amide bonds. The van der Waals surface area contributed by atoms with Crippen LogP contribution >= 0.6 is 11.6 Å². The molecule has 4 rings (SSSR count). The first kappa shape index (κ1) is 41.5. The van der Waals surface area contributed by atoms with Gasteiger partial charge in [0.05, 0.1) is 16.1 Å². The van der Waals surface area contributed by atoms with Gasteiger partial charge in [-0.05, 0) is 99.1 Å². The zero-order chi connectivity index (χ0) is 36.1. The van der Waals surface area contributed by atoms with Crippen LogP contribution in [0.25, 0.3) is 0 Å². The largest absolute Gasteiger partial charge is 0.381 e. The number of carbonyl (C=O) groups is 2. The molecule has 268 valence electrons. The molecule has 0 spiro atoms. The summed E-state index contributed by atoms with van der Waals surface area (Å²) in [5.74, 6) is 0. The second-order valence-corrected chi connectivity index (χ2v) is 33.1. The average Bonchev–Trinajstić information content (AvgIpc) is 3.58. The van der Waals surface area contributed by atoms with Crippen molar-refractivity contribution in [2.24, 2.45) is 0 Å². The quantitative estimate of drug-likeness (QED) is 0.162. The number of nitrogens with zero attached hydrogens (tertiary/aromatic N) is 6. The third kappa shape index (κ3) is 11.7. The van der Waals surface area contributed by atoms with Crippen LogP contribution in [0.15, 0.2) is 48.1 Å². The van der Waals surface area contributed by atoms with E-state index in [1.54, 1.807) is 43.6 Å². The zero-order valence-corrected chi connectivity index (χ0v) is 36.1. The molecule has 0 saturated carbocycles. The van der Waals surface area contributed by atoms with Gasteiger partial charge in [-0.2, -0.15) is 0 Å². The van der Waals surface area contributed by atoms with E-state index in [4.69, 9.17) is 11.6 Å². The van der Waals surface area contributed by atoms with E-state index in [1.165, 1.54) is 42.7 Å². The van der Waals surface area contributed by atoms with Crippen LogP contribution in [0.3, 0.4) is 0 Å². The van der Waals surface area contributed by atoms with Crippen molar-refractivity contribution < 1.29 is 9.59 Å². The molecule has 0 N–H and O–H groups in total. The maximum Gasteiger partial charge on any atom is 0.327 e. The minimum Gasteiger partial charge on any atom is -0.381 e. The minimum absolute atomic E-state index is 0.0263. The molecule has 0 radical (unpaired) electrons. The summed E-state index contributed by atoms with van der Waals surface area (Å²) in [7, 11) is 7.46. The van der Waals surface area contributed by atoms with E-state index in [-0.39, 0.29) is 6.03 Å². The van der Waals surface area contributed by atoms with Gasteiger partial charge in [0.1, 0.15) is 0 Å². The van der Waals surface area contributed by atoms with Crippen molar-refractivity contribution in [2.45, 2.75) is 108 Å². The fourth-order valence-electron chi connectivity index (χ4n) is 6.74. The summed E-state index contributed by atoms with van der Waals surface area (Å²) in [5.41, 5.74) is 4.37. The Morgan fingerprint density at radius 2 is 1.11 bits per heavy atom. The number of likely N-dealkylation sites (N-methyl/N-ethyl adjacent to an activating group) is 2. The van der Waals surface area contributed by atoms with Crippen molar-refractivity contribution in [2.75, 3.05) is 55.4 Å². The van der Waals surface area contributed by atoms with Gasteiger partial charge in [0.25, 0.3) is 0 Å². The third-order valence-electron chi connectivity index (χ3n) is 9.58. The number of hydrogen-bond donors (Lipinski definition) is 0. The molecule has 8 nitrogen and oxygen atoms in total. The smallest absolute Gasteiger partial charge is 0.327 e. The van der Waals surface area contributed by atoms with E-state index >= 15 is 0 Å². The Morgan fingerprint density at radius 3 is 1.43 bits per heavy atom. The Kier molecular flexibility index (Phi) is 14.9. The van der Waals surface area contributed by atoms with Crippen molar-refractivity contribution in [3.63, 3.8) is 0 Å². The van der Waals surface area contributed by atoms with Crippen molar-refractivity contribution in [3.8, 4) is 0 Å². The highest BCUT2D eigenvalue weighted by atomic mass is 35.5. The molecule has 4 aliphatic heterocycles. The van der Waals surface area contributed by atoms with E-state index in [0.717, 1.165) is 6.54 Å². The van der Waals surface area contributed by atoms with Crippen molar-refractivity contribution >= 4 is 47.4 Å². The minimum atomic E-state index is -1.34. The molecule has 0 bridgehead atoms. The molecular weight excluding hydrogens is 656 g/mol. The summed E-state index contributed by atoms with van der Waals surface area (Å²) in [6, 6.07) is 1.19. The van der Waals surface area contributed by atoms with Crippen LogP contribution in [0, 0.1) is 0 Å².